The summed E-state index contributed by atoms with van der Waals surface area (Å²) in [6.45, 7) is 3.40. The fourth-order valence-electron chi connectivity index (χ4n) is 4.93. The van der Waals surface area contributed by atoms with Gasteiger partial charge in [-0.3, -0.25) is 14.4 Å². The summed E-state index contributed by atoms with van der Waals surface area (Å²) in [4.78, 5) is 24.9. The first-order chi connectivity index (χ1) is 18.1. The van der Waals surface area contributed by atoms with Crippen molar-refractivity contribution < 1.29 is 27.8 Å². The number of aromatic nitrogens is 4. The molecule has 1 amide bonds. The number of fused-ring (bicyclic) bond motifs is 3. The maximum Gasteiger partial charge on any atom is 0.573 e. The van der Waals surface area contributed by atoms with Crippen LogP contribution >= 0.6 is 0 Å². The zero-order valence-corrected chi connectivity index (χ0v) is 20.6. The molecular weight excluding hydrogens is 505 g/mol. The van der Waals surface area contributed by atoms with E-state index in [1.54, 1.807) is 25.4 Å². The standard InChI is InChI=1S/C24H27F3N8O3/c1-33-21-16(20(32-33)22(28)37)4-2-14-13-29-23(31-19(14)21)30-17-12-15(3-5-18(17)38-24(25,26)27)35-8-6-34(7-9-35)10-11-36/h3,5,12-13,36H,2,4,6-11H2,1H3,(H2,28,37)(H,29,30,31). The molecule has 38 heavy (non-hydrogen) atoms. The minimum Gasteiger partial charge on any atom is -0.404 e. The van der Waals surface area contributed by atoms with E-state index < -0.39 is 18.0 Å². The number of alkyl halides is 3. The lowest BCUT2D eigenvalue weighted by Gasteiger charge is -2.36. The predicted molar refractivity (Wildman–Crippen MR) is 132 cm³/mol. The molecule has 4 N–H and O–H groups in total. The number of ether oxygens (including phenoxy) is 1. The summed E-state index contributed by atoms with van der Waals surface area (Å²) in [6.07, 6.45) is -2.17. The number of aliphatic hydroxyl groups is 1. The second kappa shape index (κ2) is 10.1. The monoisotopic (exact) mass is 532 g/mol. The molecule has 0 atom stereocenters. The smallest absolute Gasteiger partial charge is 0.404 e. The SMILES string of the molecule is Cn1nc(C(N)=O)c2c1-c1nc(Nc3cc(N4CCN(CCO)CC4)ccc3OC(F)(F)F)ncc1CC2. The third-order valence-corrected chi connectivity index (χ3v) is 6.70. The van der Waals surface area contributed by atoms with Gasteiger partial charge in [0.2, 0.25) is 5.95 Å². The molecule has 11 nitrogen and oxygen atoms in total. The molecule has 0 unspecified atom stereocenters. The van der Waals surface area contributed by atoms with Crippen LogP contribution in [0.2, 0.25) is 0 Å². The van der Waals surface area contributed by atoms with Crippen molar-refractivity contribution in [2.75, 3.05) is 49.5 Å². The number of β-amino-alcohol motifs (C(OH)–C–C–N with tert-alkyl or cyclic N) is 1. The van der Waals surface area contributed by atoms with Crippen LogP contribution in [0.3, 0.4) is 0 Å². The minimum absolute atomic E-state index is 0.0522. The van der Waals surface area contributed by atoms with Crippen molar-refractivity contribution in [1.82, 2.24) is 24.6 Å². The number of hydrogen-bond donors (Lipinski definition) is 3. The molecule has 0 saturated carbocycles. The van der Waals surface area contributed by atoms with Crippen molar-refractivity contribution in [3.63, 3.8) is 0 Å². The number of carbonyl (C=O) groups is 1. The Morgan fingerprint density at radius 1 is 1.21 bits per heavy atom. The van der Waals surface area contributed by atoms with Crippen LogP contribution in [0.25, 0.3) is 11.4 Å². The second-order valence-corrected chi connectivity index (χ2v) is 9.14. The number of hydrogen-bond acceptors (Lipinski definition) is 9. The molecule has 1 aromatic carbocycles. The number of primary amides is 1. The highest BCUT2D eigenvalue weighted by Gasteiger charge is 2.33. The summed E-state index contributed by atoms with van der Waals surface area (Å²) in [5, 5.41) is 16.3. The molecule has 0 bridgehead atoms. The van der Waals surface area contributed by atoms with E-state index in [0.717, 1.165) is 18.7 Å². The highest BCUT2D eigenvalue weighted by molar-refractivity contribution is 5.94. The van der Waals surface area contributed by atoms with Crippen molar-refractivity contribution >= 4 is 23.2 Å². The van der Waals surface area contributed by atoms with Crippen LogP contribution < -0.4 is 20.7 Å². The Morgan fingerprint density at radius 2 is 1.97 bits per heavy atom. The number of nitrogens with one attached hydrogen (secondary N) is 1. The Balaban J connectivity index is 1.47. The summed E-state index contributed by atoms with van der Waals surface area (Å²) in [7, 11) is 1.68. The van der Waals surface area contributed by atoms with Crippen molar-refractivity contribution in [1.29, 1.82) is 0 Å². The third kappa shape index (κ3) is 5.22. The molecule has 1 aliphatic heterocycles. The number of amides is 1. The fourth-order valence-corrected chi connectivity index (χ4v) is 4.93. The first kappa shape index (κ1) is 25.7. The minimum atomic E-state index is -4.89. The van der Waals surface area contributed by atoms with E-state index >= 15 is 0 Å². The fraction of sp³-hybridized carbons (Fsp3) is 0.417. The van der Waals surface area contributed by atoms with Crippen molar-refractivity contribution in [2.45, 2.75) is 19.2 Å². The highest BCUT2D eigenvalue weighted by Crippen LogP contribution is 2.37. The molecule has 1 aliphatic carbocycles. The summed E-state index contributed by atoms with van der Waals surface area (Å²) in [5.41, 5.74) is 9.07. The molecule has 1 saturated heterocycles. The largest absolute Gasteiger partial charge is 0.573 e. The number of carbonyl (C=O) groups excluding carboxylic acids is 1. The van der Waals surface area contributed by atoms with Gasteiger partial charge in [0, 0.05) is 57.2 Å². The first-order valence-electron chi connectivity index (χ1n) is 12.1. The maximum atomic E-state index is 13.2. The van der Waals surface area contributed by atoms with E-state index in [0.29, 0.717) is 55.1 Å². The Hall–Kier alpha value is -3.91. The molecule has 5 rings (SSSR count). The Morgan fingerprint density at radius 3 is 2.66 bits per heavy atom. The number of rotatable bonds is 7. The quantitative estimate of drug-likeness (QED) is 0.417. The van der Waals surface area contributed by atoms with E-state index in [4.69, 9.17) is 10.8 Å². The molecule has 1 fully saturated rings. The van der Waals surface area contributed by atoms with Crippen LogP contribution in [0, 0.1) is 0 Å². The van der Waals surface area contributed by atoms with E-state index in [2.05, 4.69) is 34.9 Å². The van der Waals surface area contributed by atoms with Gasteiger partial charge in [-0.15, -0.1) is 13.2 Å². The van der Waals surface area contributed by atoms with Crippen LogP contribution in [0.15, 0.2) is 24.4 Å². The number of aliphatic hydroxyl groups excluding tert-OH is 1. The number of piperazine rings is 1. The van der Waals surface area contributed by atoms with Gasteiger partial charge in [-0.2, -0.15) is 5.10 Å². The third-order valence-electron chi connectivity index (χ3n) is 6.70. The van der Waals surface area contributed by atoms with Gasteiger partial charge < -0.3 is 25.8 Å². The molecule has 3 aromatic rings. The number of benzene rings is 1. The number of halogens is 3. The molecule has 14 heteroatoms. The van der Waals surface area contributed by atoms with E-state index in [9.17, 15) is 18.0 Å². The van der Waals surface area contributed by atoms with E-state index in [-0.39, 0.29) is 23.9 Å². The zero-order chi connectivity index (χ0) is 27.0. The average Bonchev–Trinajstić information content (AvgIpc) is 3.22. The molecule has 2 aliphatic rings. The van der Waals surface area contributed by atoms with Gasteiger partial charge >= 0.3 is 6.36 Å². The van der Waals surface area contributed by atoms with Crippen LogP contribution in [0.4, 0.5) is 30.5 Å². The molecular formula is C24H27F3N8O3. The number of anilines is 3. The van der Waals surface area contributed by atoms with Crippen molar-refractivity contribution in [3.05, 3.63) is 41.2 Å². The normalized spacial score (nSPS) is 15.7. The van der Waals surface area contributed by atoms with Gasteiger partial charge in [0.25, 0.3) is 5.91 Å². The predicted octanol–water partition coefficient (Wildman–Crippen LogP) is 1.83. The summed E-state index contributed by atoms with van der Waals surface area (Å²) in [6, 6.07) is 4.42. The average molecular weight is 533 g/mol. The number of nitrogens with zero attached hydrogens (tertiary/aromatic N) is 6. The molecule has 0 radical (unpaired) electrons. The van der Waals surface area contributed by atoms with Crippen LogP contribution in [-0.2, 0) is 19.9 Å². The molecule has 0 spiro atoms. The lowest BCUT2D eigenvalue weighted by atomic mass is 9.93. The summed E-state index contributed by atoms with van der Waals surface area (Å²) >= 11 is 0. The second-order valence-electron chi connectivity index (χ2n) is 9.14. The summed E-state index contributed by atoms with van der Waals surface area (Å²) < 4.78 is 45.3. The van der Waals surface area contributed by atoms with Gasteiger partial charge in [0.15, 0.2) is 11.4 Å². The summed E-state index contributed by atoms with van der Waals surface area (Å²) in [5.74, 6) is -0.991. The number of aryl methyl sites for hydroxylation is 2. The van der Waals surface area contributed by atoms with Gasteiger partial charge in [0.05, 0.1) is 23.7 Å². The van der Waals surface area contributed by atoms with Gasteiger partial charge in [0.1, 0.15) is 0 Å². The van der Waals surface area contributed by atoms with Crippen molar-refractivity contribution in [2.24, 2.45) is 12.8 Å². The zero-order valence-electron chi connectivity index (χ0n) is 20.6. The first-order valence-corrected chi connectivity index (χ1v) is 12.1. The highest BCUT2D eigenvalue weighted by atomic mass is 19.4. The van der Waals surface area contributed by atoms with Crippen LogP contribution in [-0.4, -0.2) is 81.4 Å². The van der Waals surface area contributed by atoms with Crippen LogP contribution in [0.5, 0.6) is 5.75 Å². The van der Waals surface area contributed by atoms with Crippen molar-refractivity contribution in [3.8, 4) is 17.1 Å². The Bertz CT molecular complexity index is 1350. The molecule has 202 valence electrons. The van der Waals surface area contributed by atoms with Crippen LogP contribution in [0.1, 0.15) is 21.6 Å². The topological polar surface area (TPSA) is 135 Å². The van der Waals surface area contributed by atoms with Gasteiger partial charge in [-0.1, -0.05) is 0 Å². The Labute approximate surface area is 216 Å². The van der Waals surface area contributed by atoms with Gasteiger partial charge in [-0.05, 0) is 36.6 Å². The molecule has 2 aromatic heterocycles. The lowest BCUT2D eigenvalue weighted by molar-refractivity contribution is -0.274. The van der Waals surface area contributed by atoms with E-state index in [1.807, 2.05) is 0 Å². The van der Waals surface area contributed by atoms with E-state index in [1.165, 1.54) is 10.7 Å². The molecule has 3 heterocycles. The van der Waals surface area contributed by atoms with Gasteiger partial charge in [-0.25, -0.2) is 9.97 Å². The lowest BCUT2D eigenvalue weighted by Crippen LogP contribution is -2.47. The maximum absolute atomic E-state index is 13.2. The number of nitrogens with two attached hydrogens (primary N) is 1. The Kier molecular flexibility index (Phi) is 6.84.